The van der Waals surface area contributed by atoms with Gasteiger partial charge in [-0.25, -0.2) is 0 Å². The summed E-state index contributed by atoms with van der Waals surface area (Å²) in [5, 5.41) is 0. The molecule has 0 saturated carbocycles. The molecule has 0 aromatic rings. The van der Waals surface area contributed by atoms with Gasteiger partial charge in [0.25, 0.3) is 0 Å². The van der Waals surface area contributed by atoms with Crippen molar-refractivity contribution in [2.45, 2.75) is 175 Å². The van der Waals surface area contributed by atoms with E-state index >= 15 is 0 Å². The van der Waals surface area contributed by atoms with Crippen molar-refractivity contribution in [3.05, 3.63) is 0 Å². The third kappa shape index (κ3) is 15.0. The molecule has 6 aliphatic heterocycles. The van der Waals surface area contributed by atoms with Crippen molar-refractivity contribution < 1.29 is 56.8 Å². The molecule has 374 valence electrons. The Morgan fingerprint density at radius 3 is 1.23 bits per heavy atom. The molecule has 6 saturated heterocycles. The molecule has 21 atom stereocenters. The van der Waals surface area contributed by atoms with E-state index < -0.39 is 0 Å². The maximum atomic E-state index is 6.76. The van der Waals surface area contributed by atoms with Gasteiger partial charge in [0.05, 0.1) is 147 Å². The number of rotatable bonds is 22. The standard InChI is InChI=1S/C52H94O12/c1-32-13-12-14-46(61-32)25-55-20-43-15-17-44(59-22-43)23-54-19-42-16-18-45(60-21-42)24-56-30-51-36(5)33(2)37(6)52(64-51)31-58-27-48-35(4)39(8)50(63-41(48)10)29-57-26-47-34(3)38(7)49(28-53-11)62-40(47)9/h32-52H,12-31H2,1-11H3. The van der Waals surface area contributed by atoms with Crippen molar-refractivity contribution in [2.75, 3.05) is 93.0 Å². The first-order valence-corrected chi connectivity index (χ1v) is 26.0. The van der Waals surface area contributed by atoms with Crippen LogP contribution in [0, 0.1) is 65.1 Å². The summed E-state index contributed by atoms with van der Waals surface area (Å²) < 4.78 is 75.0. The molecule has 12 nitrogen and oxygen atoms in total. The molecular weight excluding hydrogens is 817 g/mol. The van der Waals surface area contributed by atoms with E-state index in [2.05, 4.69) is 69.2 Å². The Labute approximate surface area is 389 Å². The Kier molecular flexibility index (Phi) is 21.9. The van der Waals surface area contributed by atoms with E-state index in [1.165, 1.54) is 6.42 Å². The van der Waals surface area contributed by atoms with Crippen molar-refractivity contribution in [1.29, 1.82) is 0 Å². The topological polar surface area (TPSA) is 111 Å². The van der Waals surface area contributed by atoms with Crippen LogP contribution in [-0.2, 0) is 56.8 Å². The lowest BCUT2D eigenvalue weighted by molar-refractivity contribution is -0.195. The molecule has 0 radical (unpaired) electrons. The minimum atomic E-state index is 0.0336. The molecule has 6 aliphatic rings. The molecule has 6 heterocycles. The van der Waals surface area contributed by atoms with E-state index in [4.69, 9.17) is 56.8 Å². The smallest absolute Gasteiger partial charge is 0.0841 e. The first-order valence-electron chi connectivity index (χ1n) is 26.0. The Morgan fingerprint density at radius 1 is 0.359 bits per heavy atom. The van der Waals surface area contributed by atoms with Crippen LogP contribution in [0.25, 0.3) is 0 Å². The van der Waals surface area contributed by atoms with Crippen LogP contribution in [0.5, 0.6) is 0 Å². The average molecular weight is 911 g/mol. The van der Waals surface area contributed by atoms with Gasteiger partial charge in [-0.2, -0.15) is 0 Å². The SMILES string of the molecule is COCC1OC(C)C(COCC2OC(C)C(COCC3OC(COCC4CCC(COCC5CCC(COCC6CCCC(C)O6)CO5)CO4)C(C)C(C)C3C)C(C)C2C)C(C)C1C. The monoisotopic (exact) mass is 911 g/mol. The quantitative estimate of drug-likeness (QED) is 0.104. The predicted molar refractivity (Wildman–Crippen MR) is 248 cm³/mol. The van der Waals surface area contributed by atoms with Gasteiger partial charge in [0.15, 0.2) is 0 Å². The molecule has 6 fully saturated rings. The van der Waals surface area contributed by atoms with E-state index in [1.807, 2.05) is 0 Å². The molecule has 0 aliphatic carbocycles. The summed E-state index contributed by atoms with van der Waals surface area (Å²) in [4.78, 5) is 0. The second-order valence-corrected chi connectivity index (χ2v) is 21.8. The van der Waals surface area contributed by atoms with Gasteiger partial charge in [0, 0.05) is 30.8 Å². The predicted octanol–water partition coefficient (Wildman–Crippen LogP) is 8.29. The maximum absolute atomic E-state index is 6.76. The van der Waals surface area contributed by atoms with Gasteiger partial charge in [-0.1, -0.05) is 48.5 Å². The van der Waals surface area contributed by atoms with Crippen LogP contribution in [0.2, 0.25) is 0 Å². The van der Waals surface area contributed by atoms with Gasteiger partial charge in [-0.3, -0.25) is 0 Å². The van der Waals surface area contributed by atoms with Crippen molar-refractivity contribution in [2.24, 2.45) is 65.1 Å². The zero-order valence-corrected chi connectivity index (χ0v) is 42.2. The lowest BCUT2D eigenvalue weighted by Gasteiger charge is -2.46. The molecule has 0 aromatic heterocycles. The van der Waals surface area contributed by atoms with E-state index in [-0.39, 0.29) is 54.9 Å². The highest BCUT2D eigenvalue weighted by atomic mass is 16.6. The van der Waals surface area contributed by atoms with Gasteiger partial charge >= 0.3 is 0 Å². The Hall–Kier alpha value is -0.480. The molecule has 6 rings (SSSR count). The highest BCUT2D eigenvalue weighted by Gasteiger charge is 2.43. The molecular formula is C52H94O12. The first kappa shape index (κ1) is 52.9. The van der Waals surface area contributed by atoms with Gasteiger partial charge < -0.3 is 56.8 Å². The summed E-state index contributed by atoms with van der Waals surface area (Å²) in [5.41, 5.74) is 0. The second kappa shape index (κ2) is 26.5. The number of ether oxygens (including phenoxy) is 12. The van der Waals surface area contributed by atoms with Crippen LogP contribution in [0.15, 0.2) is 0 Å². The second-order valence-electron chi connectivity index (χ2n) is 21.8. The lowest BCUT2D eigenvalue weighted by Crippen LogP contribution is -2.50. The molecule has 0 aromatic carbocycles. The normalized spacial score (nSPS) is 44.8. The molecule has 0 N–H and O–H groups in total. The molecule has 21 unspecified atom stereocenters. The Bertz CT molecular complexity index is 1280. The van der Waals surface area contributed by atoms with E-state index in [9.17, 15) is 0 Å². The molecule has 12 heteroatoms. The first-order chi connectivity index (χ1) is 30.8. The highest BCUT2D eigenvalue weighted by Crippen LogP contribution is 2.39. The van der Waals surface area contributed by atoms with Crippen LogP contribution in [0.4, 0.5) is 0 Å². The van der Waals surface area contributed by atoms with Crippen LogP contribution in [0.1, 0.15) is 114 Å². The van der Waals surface area contributed by atoms with E-state index in [1.54, 1.807) is 7.11 Å². The number of methoxy groups -OCH3 is 1. The fourth-order valence-electron chi connectivity index (χ4n) is 11.6. The maximum Gasteiger partial charge on any atom is 0.0841 e. The van der Waals surface area contributed by atoms with Crippen LogP contribution in [0.3, 0.4) is 0 Å². The average Bonchev–Trinajstić information content (AvgIpc) is 3.28. The minimum Gasteiger partial charge on any atom is -0.382 e. The molecule has 64 heavy (non-hydrogen) atoms. The van der Waals surface area contributed by atoms with Crippen LogP contribution in [-0.4, -0.2) is 154 Å². The van der Waals surface area contributed by atoms with E-state index in [0.717, 1.165) is 58.3 Å². The summed E-state index contributed by atoms with van der Waals surface area (Å²) >= 11 is 0. The van der Waals surface area contributed by atoms with Crippen LogP contribution >= 0.6 is 0 Å². The van der Waals surface area contributed by atoms with Gasteiger partial charge in [0.1, 0.15) is 0 Å². The zero-order valence-electron chi connectivity index (χ0n) is 42.2. The van der Waals surface area contributed by atoms with Crippen molar-refractivity contribution >= 4 is 0 Å². The molecule has 0 amide bonds. The summed E-state index contributed by atoms with van der Waals surface area (Å²) in [6, 6.07) is 0. The Balaban J connectivity index is 0.812. The summed E-state index contributed by atoms with van der Waals surface area (Å²) in [5.74, 6) is 4.60. The molecule has 0 spiro atoms. The summed E-state index contributed by atoms with van der Waals surface area (Å²) in [6.07, 6.45) is 9.16. The fraction of sp³-hybridized carbons (Fsp3) is 1.00. The summed E-state index contributed by atoms with van der Waals surface area (Å²) in [7, 11) is 1.75. The lowest BCUT2D eigenvalue weighted by atomic mass is 9.75. The third-order valence-electron chi connectivity index (χ3n) is 17.3. The molecule has 0 bridgehead atoms. The Morgan fingerprint density at radius 2 is 0.781 bits per heavy atom. The largest absolute Gasteiger partial charge is 0.382 e. The highest BCUT2D eigenvalue weighted by molar-refractivity contribution is 4.90. The van der Waals surface area contributed by atoms with Crippen molar-refractivity contribution in [3.8, 4) is 0 Å². The van der Waals surface area contributed by atoms with Crippen LogP contribution < -0.4 is 0 Å². The van der Waals surface area contributed by atoms with Gasteiger partial charge in [0.2, 0.25) is 0 Å². The zero-order chi connectivity index (χ0) is 45.8. The van der Waals surface area contributed by atoms with Gasteiger partial charge in [-0.15, -0.1) is 0 Å². The number of hydrogen-bond donors (Lipinski definition) is 0. The van der Waals surface area contributed by atoms with Crippen molar-refractivity contribution in [1.82, 2.24) is 0 Å². The van der Waals surface area contributed by atoms with Gasteiger partial charge in [-0.05, 0) is 107 Å². The third-order valence-corrected chi connectivity index (χ3v) is 17.3. The van der Waals surface area contributed by atoms with E-state index in [0.29, 0.717) is 137 Å². The number of hydrogen-bond acceptors (Lipinski definition) is 12. The fourth-order valence-corrected chi connectivity index (χ4v) is 11.6. The summed E-state index contributed by atoms with van der Waals surface area (Å²) in [6.45, 7) is 31.5. The van der Waals surface area contributed by atoms with Crippen molar-refractivity contribution in [3.63, 3.8) is 0 Å². The minimum absolute atomic E-state index is 0.0336.